The third-order valence-corrected chi connectivity index (χ3v) is 5.44. The van der Waals surface area contributed by atoms with Gasteiger partial charge in [-0.1, -0.05) is 52.7 Å². The molecule has 0 aliphatic carbocycles. The highest BCUT2D eigenvalue weighted by Crippen LogP contribution is 2.33. The normalized spacial score (nSPS) is 10.9. The summed E-state index contributed by atoms with van der Waals surface area (Å²) in [6.07, 6.45) is 0.421. The Balaban J connectivity index is 1.58. The molecule has 3 nitrogen and oxygen atoms in total. The number of amides is 1. The second kappa shape index (κ2) is 7.53. The fourth-order valence-corrected chi connectivity index (χ4v) is 4.45. The SMILES string of the molecule is O=C(CCSc1ccccc1)Nc1nc2c(Cl)cc(Cl)cc2s1. The summed E-state index contributed by atoms with van der Waals surface area (Å²) < 4.78 is 0.858. The first-order chi connectivity index (χ1) is 11.1. The van der Waals surface area contributed by atoms with Crippen LogP contribution in [0.4, 0.5) is 5.13 Å². The summed E-state index contributed by atoms with van der Waals surface area (Å²) in [5.74, 6) is 0.655. The summed E-state index contributed by atoms with van der Waals surface area (Å²) in [5, 5.41) is 4.41. The lowest BCUT2D eigenvalue weighted by Crippen LogP contribution is -2.11. The van der Waals surface area contributed by atoms with Gasteiger partial charge in [-0.05, 0) is 24.3 Å². The van der Waals surface area contributed by atoms with E-state index in [1.54, 1.807) is 23.9 Å². The predicted octanol–water partition coefficient (Wildman–Crippen LogP) is 5.72. The number of benzene rings is 2. The quantitative estimate of drug-likeness (QED) is 0.573. The van der Waals surface area contributed by atoms with Crippen LogP contribution in [0.2, 0.25) is 10.0 Å². The number of fused-ring (bicyclic) bond motifs is 1. The van der Waals surface area contributed by atoms with Gasteiger partial charge in [0.1, 0.15) is 5.52 Å². The lowest BCUT2D eigenvalue weighted by molar-refractivity contribution is -0.115. The molecular formula is C16H12Cl2N2OS2. The van der Waals surface area contributed by atoms with E-state index in [1.807, 2.05) is 30.3 Å². The molecule has 0 bridgehead atoms. The van der Waals surface area contributed by atoms with Gasteiger partial charge in [-0.3, -0.25) is 4.79 Å². The number of thioether (sulfide) groups is 1. The van der Waals surface area contributed by atoms with Crippen molar-refractivity contribution in [3.63, 3.8) is 0 Å². The van der Waals surface area contributed by atoms with Crippen molar-refractivity contribution in [2.75, 3.05) is 11.1 Å². The average molecular weight is 383 g/mol. The fourth-order valence-electron chi connectivity index (χ4n) is 1.97. The van der Waals surface area contributed by atoms with Gasteiger partial charge in [-0.2, -0.15) is 0 Å². The molecule has 0 unspecified atom stereocenters. The topological polar surface area (TPSA) is 42.0 Å². The molecule has 0 atom stereocenters. The summed E-state index contributed by atoms with van der Waals surface area (Å²) in [6, 6.07) is 13.4. The number of hydrogen-bond acceptors (Lipinski definition) is 4. The Morgan fingerprint density at radius 1 is 1.22 bits per heavy atom. The number of anilines is 1. The Morgan fingerprint density at radius 2 is 2.00 bits per heavy atom. The van der Waals surface area contributed by atoms with Crippen molar-refractivity contribution in [2.24, 2.45) is 0 Å². The van der Waals surface area contributed by atoms with E-state index in [9.17, 15) is 4.79 Å². The Kier molecular flexibility index (Phi) is 5.43. The highest BCUT2D eigenvalue weighted by atomic mass is 35.5. The van der Waals surface area contributed by atoms with Crippen LogP contribution in [0.1, 0.15) is 6.42 Å². The lowest BCUT2D eigenvalue weighted by atomic mass is 10.3. The Morgan fingerprint density at radius 3 is 2.78 bits per heavy atom. The molecule has 0 saturated carbocycles. The molecule has 0 aliphatic heterocycles. The van der Waals surface area contributed by atoms with Crippen molar-refractivity contribution >= 4 is 67.6 Å². The van der Waals surface area contributed by atoms with Gasteiger partial charge in [0, 0.05) is 22.1 Å². The first kappa shape index (κ1) is 16.6. The van der Waals surface area contributed by atoms with Gasteiger partial charge in [0.25, 0.3) is 0 Å². The molecule has 1 amide bonds. The minimum atomic E-state index is -0.0605. The number of carbonyl (C=O) groups excluding carboxylic acids is 1. The van der Waals surface area contributed by atoms with Gasteiger partial charge in [0.15, 0.2) is 5.13 Å². The number of thiazole rings is 1. The first-order valence-electron chi connectivity index (χ1n) is 6.85. The van der Waals surface area contributed by atoms with E-state index in [4.69, 9.17) is 23.2 Å². The van der Waals surface area contributed by atoms with Crippen LogP contribution < -0.4 is 5.32 Å². The standard InChI is InChI=1S/C16H12Cl2N2OS2/c17-10-8-12(18)15-13(9-10)23-16(20-15)19-14(21)6-7-22-11-4-2-1-3-5-11/h1-5,8-9H,6-7H2,(H,19,20,21). The molecule has 1 aromatic heterocycles. The van der Waals surface area contributed by atoms with Gasteiger partial charge in [0.05, 0.1) is 9.72 Å². The molecule has 0 saturated heterocycles. The van der Waals surface area contributed by atoms with E-state index in [0.29, 0.717) is 32.9 Å². The number of hydrogen-bond donors (Lipinski definition) is 1. The van der Waals surface area contributed by atoms with Crippen LogP contribution in [0.3, 0.4) is 0 Å². The number of nitrogens with one attached hydrogen (secondary N) is 1. The van der Waals surface area contributed by atoms with Crippen molar-refractivity contribution in [2.45, 2.75) is 11.3 Å². The van der Waals surface area contributed by atoms with Gasteiger partial charge in [0.2, 0.25) is 5.91 Å². The van der Waals surface area contributed by atoms with Crippen LogP contribution in [0, 0.1) is 0 Å². The summed E-state index contributed by atoms with van der Waals surface area (Å²) in [6.45, 7) is 0. The zero-order valence-corrected chi connectivity index (χ0v) is 15.0. The van der Waals surface area contributed by atoms with E-state index in [2.05, 4.69) is 10.3 Å². The second-order valence-corrected chi connectivity index (χ2v) is 7.76. The molecule has 2 aromatic carbocycles. The number of halogens is 2. The molecule has 1 heterocycles. The first-order valence-corrected chi connectivity index (χ1v) is 9.41. The highest BCUT2D eigenvalue weighted by molar-refractivity contribution is 7.99. The van der Waals surface area contributed by atoms with Crippen LogP contribution in [-0.4, -0.2) is 16.6 Å². The minimum absolute atomic E-state index is 0.0605. The van der Waals surface area contributed by atoms with Gasteiger partial charge >= 0.3 is 0 Å². The van der Waals surface area contributed by atoms with Crippen molar-refractivity contribution in [3.05, 3.63) is 52.5 Å². The smallest absolute Gasteiger partial charge is 0.226 e. The van der Waals surface area contributed by atoms with Crippen LogP contribution in [0.25, 0.3) is 10.2 Å². The zero-order valence-electron chi connectivity index (χ0n) is 11.9. The van der Waals surface area contributed by atoms with E-state index in [0.717, 1.165) is 9.60 Å². The summed E-state index contributed by atoms with van der Waals surface area (Å²) >= 11 is 15.1. The second-order valence-electron chi connectivity index (χ2n) is 4.71. The molecule has 0 aliphatic rings. The van der Waals surface area contributed by atoms with Crippen LogP contribution in [0.15, 0.2) is 47.4 Å². The van der Waals surface area contributed by atoms with Gasteiger partial charge in [-0.15, -0.1) is 11.8 Å². The summed E-state index contributed by atoms with van der Waals surface area (Å²) in [4.78, 5) is 17.5. The molecule has 3 aromatic rings. The molecule has 3 rings (SSSR count). The largest absolute Gasteiger partial charge is 0.302 e. The van der Waals surface area contributed by atoms with Gasteiger partial charge < -0.3 is 5.32 Å². The van der Waals surface area contributed by atoms with E-state index >= 15 is 0 Å². The Hall–Kier alpha value is -1.27. The third kappa shape index (κ3) is 4.38. The molecule has 7 heteroatoms. The van der Waals surface area contributed by atoms with Crippen molar-refractivity contribution in [1.29, 1.82) is 0 Å². The van der Waals surface area contributed by atoms with Crippen molar-refractivity contribution < 1.29 is 4.79 Å². The minimum Gasteiger partial charge on any atom is -0.302 e. The zero-order chi connectivity index (χ0) is 16.2. The lowest BCUT2D eigenvalue weighted by Gasteiger charge is -2.02. The fraction of sp³-hybridized carbons (Fsp3) is 0.125. The number of rotatable bonds is 5. The molecule has 23 heavy (non-hydrogen) atoms. The number of aromatic nitrogens is 1. The van der Waals surface area contributed by atoms with Crippen LogP contribution >= 0.6 is 46.3 Å². The Labute approximate surface area is 152 Å². The monoisotopic (exact) mass is 382 g/mol. The van der Waals surface area contributed by atoms with Crippen LogP contribution in [0.5, 0.6) is 0 Å². The Bertz CT molecular complexity index is 837. The van der Waals surface area contributed by atoms with E-state index < -0.39 is 0 Å². The number of carbonyl (C=O) groups is 1. The molecule has 0 fully saturated rings. The van der Waals surface area contributed by atoms with E-state index in [1.165, 1.54) is 11.3 Å². The molecule has 0 spiro atoms. The van der Waals surface area contributed by atoms with E-state index in [-0.39, 0.29) is 5.91 Å². The highest BCUT2D eigenvalue weighted by Gasteiger charge is 2.11. The summed E-state index contributed by atoms with van der Waals surface area (Å²) in [7, 11) is 0. The maximum atomic E-state index is 12.0. The third-order valence-electron chi connectivity index (χ3n) is 3.00. The van der Waals surface area contributed by atoms with Crippen molar-refractivity contribution in [1.82, 2.24) is 4.98 Å². The molecular weight excluding hydrogens is 371 g/mol. The van der Waals surface area contributed by atoms with Crippen molar-refractivity contribution in [3.8, 4) is 0 Å². The molecule has 1 N–H and O–H groups in total. The van der Waals surface area contributed by atoms with Gasteiger partial charge in [-0.25, -0.2) is 4.98 Å². The summed E-state index contributed by atoms with van der Waals surface area (Å²) in [5.41, 5.74) is 0.662. The molecule has 0 radical (unpaired) electrons. The molecule has 118 valence electrons. The van der Waals surface area contributed by atoms with Crippen LogP contribution in [-0.2, 0) is 4.79 Å². The predicted molar refractivity (Wildman–Crippen MR) is 100 cm³/mol. The number of nitrogens with zero attached hydrogens (tertiary/aromatic N) is 1. The average Bonchev–Trinajstić information content (AvgIpc) is 2.91. The maximum Gasteiger partial charge on any atom is 0.226 e. The maximum absolute atomic E-state index is 12.0.